The number of carbonyl (C=O) groups is 2. The van der Waals surface area contributed by atoms with Crippen molar-refractivity contribution in [3.8, 4) is 11.5 Å². The molecule has 0 saturated heterocycles. The lowest BCUT2D eigenvalue weighted by Crippen LogP contribution is -2.48. The van der Waals surface area contributed by atoms with Gasteiger partial charge in [0.05, 0.1) is 11.7 Å². The van der Waals surface area contributed by atoms with Crippen molar-refractivity contribution in [2.24, 2.45) is 0 Å². The number of hydrogen-bond acceptors (Lipinski definition) is 6. The number of carboxylic acid groups (broad SMARTS) is 1. The first-order valence-electron chi connectivity index (χ1n) is 6.46. The highest BCUT2D eigenvalue weighted by atomic mass is 32.2. The predicted molar refractivity (Wildman–Crippen MR) is 84.4 cm³/mol. The molecule has 0 unspecified atom stereocenters. The summed E-state index contributed by atoms with van der Waals surface area (Å²) in [5.41, 5.74) is 0.0126. The molecule has 0 aliphatic carbocycles. The molecule has 120 valence electrons. The number of amides is 1. The summed E-state index contributed by atoms with van der Waals surface area (Å²) in [7, 11) is -1.45. The van der Waals surface area contributed by atoms with Crippen molar-refractivity contribution in [3.05, 3.63) is 23.3 Å². The molecule has 0 aliphatic rings. The number of aryl methyl sites for hydroxylation is 1. The highest BCUT2D eigenvalue weighted by Gasteiger charge is 2.29. The molecule has 1 amide bonds. The summed E-state index contributed by atoms with van der Waals surface area (Å²) in [6.45, 7) is 3.12. The Labute approximate surface area is 132 Å². The van der Waals surface area contributed by atoms with Crippen LogP contribution in [-0.4, -0.2) is 52.2 Å². The lowest BCUT2D eigenvalue weighted by atomic mass is 9.79. The van der Waals surface area contributed by atoms with Crippen molar-refractivity contribution in [1.82, 2.24) is 5.32 Å². The maximum absolute atomic E-state index is 11.5. The molecule has 7 nitrogen and oxygen atoms in total. The van der Waals surface area contributed by atoms with Gasteiger partial charge in [-0.25, -0.2) is 4.79 Å². The van der Waals surface area contributed by atoms with Gasteiger partial charge in [-0.3, -0.25) is 4.79 Å². The molecule has 0 radical (unpaired) electrons. The van der Waals surface area contributed by atoms with Gasteiger partial charge in [0, 0.05) is 0 Å². The second-order valence-electron chi connectivity index (χ2n) is 4.71. The van der Waals surface area contributed by atoms with Crippen molar-refractivity contribution in [1.29, 1.82) is 0 Å². The molecule has 0 heterocycles. The van der Waals surface area contributed by atoms with Crippen molar-refractivity contribution < 1.29 is 29.5 Å². The molecule has 4 N–H and O–H groups in total. The molecule has 1 aromatic rings. The average molecular weight is 327 g/mol. The van der Waals surface area contributed by atoms with Crippen LogP contribution in [0.3, 0.4) is 0 Å². The Hall–Kier alpha value is -1.87. The molecule has 0 saturated carbocycles. The van der Waals surface area contributed by atoms with Crippen LogP contribution in [0.1, 0.15) is 22.8 Å². The Morgan fingerprint density at radius 1 is 1.45 bits per heavy atom. The topological polar surface area (TPSA) is 116 Å². The summed E-state index contributed by atoms with van der Waals surface area (Å²) in [4.78, 5) is 22.7. The monoisotopic (exact) mass is 327 g/mol. The van der Waals surface area contributed by atoms with E-state index in [-0.39, 0.29) is 17.4 Å². The number of aromatic carboxylic acids is 1. The second kappa shape index (κ2) is 7.95. The lowest BCUT2D eigenvalue weighted by Gasteiger charge is -2.20. The quantitative estimate of drug-likeness (QED) is 0.544. The van der Waals surface area contributed by atoms with E-state index in [4.69, 9.17) is 9.76 Å². The third-order valence-corrected chi connectivity index (χ3v) is 3.43. The van der Waals surface area contributed by atoms with E-state index in [1.165, 1.54) is 30.8 Å². The van der Waals surface area contributed by atoms with Crippen LogP contribution in [0.5, 0.6) is 11.5 Å². The third-order valence-electron chi connectivity index (χ3n) is 2.88. The molecule has 0 aromatic heterocycles. The van der Waals surface area contributed by atoms with Gasteiger partial charge in [0.2, 0.25) is 5.91 Å². The van der Waals surface area contributed by atoms with E-state index < -0.39 is 30.3 Å². The number of aromatic hydroxyl groups is 1. The minimum absolute atomic E-state index is 0.133. The van der Waals surface area contributed by atoms with Crippen molar-refractivity contribution >= 4 is 30.8 Å². The van der Waals surface area contributed by atoms with Crippen LogP contribution >= 0.6 is 11.8 Å². The zero-order valence-corrected chi connectivity index (χ0v) is 13.3. The van der Waals surface area contributed by atoms with Crippen LogP contribution in [0.25, 0.3) is 0 Å². The van der Waals surface area contributed by atoms with E-state index >= 15 is 0 Å². The summed E-state index contributed by atoms with van der Waals surface area (Å²) in [6, 6.07) is 2.71. The zero-order valence-electron chi connectivity index (χ0n) is 12.5. The van der Waals surface area contributed by atoms with Crippen molar-refractivity contribution in [2.45, 2.75) is 19.8 Å². The Morgan fingerprint density at radius 3 is 2.64 bits per heavy atom. The lowest BCUT2D eigenvalue weighted by molar-refractivity contribution is -0.118. The van der Waals surface area contributed by atoms with E-state index in [2.05, 4.69) is 5.32 Å². The van der Waals surface area contributed by atoms with Gasteiger partial charge in [-0.2, -0.15) is 11.8 Å². The fourth-order valence-electron chi connectivity index (χ4n) is 1.76. The Kier molecular flexibility index (Phi) is 6.57. The van der Waals surface area contributed by atoms with Gasteiger partial charge in [-0.1, -0.05) is 6.07 Å². The number of rotatable bonds is 7. The Bertz CT molecular complexity index is 568. The number of benzene rings is 1. The van der Waals surface area contributed by atoms with Crippen molar-refractivity contribution in [3.63, 3.8) is 0 Å². The van der Waals surface area contributed by atoms with Gasteiger partial charge in [-0.05, 0) is 31.7 Å². The minimum atomic E-state index is -1.45. The van der Waals surface area contributed by atoms with E-state index in [1.54, 1.807) is 13.2 Å². The van der Waals surface area contributed by atoms with Crippen LogP contribution < -0.4 is 9.97 Å². The van der Waals surface area contributed by atoms with Gasteiger partial charge in [-0.15, -0.1) is 0 Å². The first-order chi connectivity index (χ1) is 10.3. The summed E-state index contributed by atoms with van der Waals surface area (Å²) in [5, 5.41) is 31.3. The predicted octanol–water partition coefficient (Wildman–Crippen LogP) is 0.665. The SMILES string of the molecule is CSCC(=O)N[C@@H](C)B(O)Oc1c(C)ccc(O)c1C(=O)O. The van der Waals surface area contributed by atoms with E-state index in [9.17, 15) is 19.7 Å². The molecule has 1 rings (SSSR count). The molecule has 9 heteroatoms. The largest absolute Gasteiger partial charge is 0.546 e. The minimum Gasteiger partial charge on any atom is -0.534 e. The molecule has 0 spiro atoms. The molecular formula is C13H18BNO6S. The summed E-state index contributed by atoms with van der Waals surface area (Å²) < 4.78 is 5.25. The van der Waals surface area contributed by atoms with Gasteiger partial charge >= 0.3 is 13.1 Å². The van der Waals surface area contributed by atoms with Crippen molar-refractivity contribution in [2.75, 3.05) is 12.0 Å². The zero-order chi connectivity index (χ0) is 16.9. The van der Waals surface area contributed by atoms with E-state index in [0.717, 1.165) is 0 Å². The first-order valence-corrected chi connectivity index (χ1v) is 7.86. The summed E-state index contributed by atoms with van der Waals surface area (Å²) in [5.74, 6) is -2.74. The highest BCUT2D eigenvalue weighted by molar-refractivity contribution is 7.99. The van der Waals surface area contributed by atoms with Crippen LogP contribution in [0.4, 0.5) is 0 Å². The Morgan fingerprint density at radius 2 is 2.09 bits per heavy atom. The Balaban J connectivity index is 2.92. The van der Waals surface area contributed by atoms with Crippen LogP contribution in [0.15, 0.2) is 12.1 Å². The number of phenols is 1. The summed E-state index contributed by atoms with van der Waals surface area (Å²) >= 11 is 1.33. The first kappa shape index (κ1) is 18.2. The normalized spacial score (nSPS) is 11.6. The third kappa shape index (κ3) is 4.57. The highest BCUT2D eigenvalue weighted by Crippen LogP contribution is 2.31. The van der Waals surface area contributed by atoms with Gasteiger partial charge in [0.25, 0.3) is 0 Å². The molecule has 0 fully saturated rings. The summed E-state index contributed by atoms with van der Waals surface area (Å²) in [6.07, 6.45) is 1.77. The van der Waals surface area contributed by atoms with Gasteiger partial charge in [0.1, 0.15) is 17.1 Å². The second-order valence-corrected chi connectivity index (χ2v) is 5.57. The van der Waals surface area contributed by atoms with Crippen LogP contribution in [0, 0.1) is 6.92 Å². The molecule has 1 atom stereocenters. The number of thioether (sulfide) groups is 1. The van der Waals surface area contributed by atoms with Crippen LogP contribution in [0.2, 0.25) is 0 Å². The van der Waals surface area contributed by atoms with E-state index in [1.807, 2.05) is 0 Å². The fourth-order valence-corrected chi connectivity index (χ4v) is 2.10. The smallest absolute Gasteiger partial charge is 0.534 e. The van der Waals surface area contributed by atoms with Crippen LogP contribution in [-0.2, 0) is 4.79 Å². The van der Waals surface area contributed by atoms with E-state index in [0.29, 0.717) is 5.56 Å². The number of carboxylic acids is 1. The maximum atomic E-state index is 11.5. The van der Waals surface area contributed by atoms with Gasteiger partial charge in [0.15, 0.2) is 0 Å². The average Bonchev–Trinajstić information content (AvgIpc) is 2.42. The molecular weight excluding hydrogens is 309 g/mol. The molecule has 22 heavy (non-hydrogen) atoms. The number of nitrogens with one attached hydrogen (secondary N) is 1. The van der Waals surface area contributed by atoms with Gasteiger partial charge < -0.3 is 25.2 Å². The maximum Gasteiger partial charge on any atom is 0.546 e. The number of hydrogen-bond donors (Lipinski definition) is 4. The number of carbonyl (C=O) groups excluding carboxylic acids is 1. The molecule has 1 aromatic carbocycles. The molecule has 0 bridgehead atoms. The standard InChI is InChI=1S/C13H18BNO6S/c1-7-4-5-9(16)11(13(18)19)12(7)21-14(20)8(2)15-10(17)6-22-3/h4-5,8,16,20H,6H2,1-3H3,(H,15,17)(H,18,19)/t8-/m0/s1. The fraction of sp³-hybridized carbons (Fsp3) is 0.385. The molecule has 0 aliphatic heterocycles.